The van der Waals surface area contributed by atoms with E-state index in [-0.39, 0.29) is 35.9 Å². The lowest BCUT2D eigenvalue weighted by atomic mass is 10.1. The van der Waals surface area contributed by atoms with Crippen LogP contribution < -0.4 is 10.0 Å². The molecule has 114 valence electrons. The number of nitrogens with two attached hydrogens (primary N) is 1. The van der Waals surface area contributed by atoms with E-state index >= 15 is 0 Å². The molecule has 0 saturated carbocycles. The summed E-state index contributed by atoms with van der Waals surface area (Å²) < 4.78 is 23.0. The fourth-order valence-corrected chi connectivity index (χ4v) is 3.72. The summed E-state index contributed by atoms with van der Waals surface area (Å²) in [6.07, 6.45) is 0.0426. The molecule has 3 N–H and O–H groups in total. The maximum Gasteiger partial charge on any atom is 0.337 e. The first-order valence-electron chi connectivity index (χ1n) is 6.01. The van der Waals surface area contributed by atoms with Gasteiger partial charge in [0.25, 0.3) is 0 Å². The van der Waals surface area contributed by atoms with Gasteiger partial charge in [0.05, 0.1) is 17.0 Å². The van der Waals surface area contributed by atoms with Crippen molar-refractivity contribution in [3.05, 3.63) is 27.3 Å². The third-order valence-corrected chi connectivity index (χ3v) is 4.76. The van der Waals surface area contributed by atoms with Gasteiger partial charge in [0.2, 0.25) is 15.9 Å². The topological polar surface area (TPSA) is 118 Å². The van der Waals surface area contributed by atoms with Crippen molar-refractivity contribution in [2.24, 2.45) is 11.1 Å². The number of amides is 1. The summed E-state index contributed by atoms with van der Waals surface area (Å²) in [6.45, 7) is 0.148. The zero-order valence-corrected chi connectivity index (χ0v) is 13.8. The van der Waals surface area contributed by atoms with Crippen LogP contribution in [-0.2, 0) is 14.8 Å². The van der Waals surface area contributed by atoms with Gasteiger partial charge in [-0.1, -0.05) is 0 Å². The maximum absolute atomic E-state index is 12.1. The number of carbonyl (C=O) groups is 2. The predicted molar refractivity (Wildman–Crippen MR) is 84.6 cm³/mol. The monoisotopic (exact) mass is 424 g/mol. The van der Waals surface area contributed by atoms with E-state index < -0.39 is 21.9 Å². The van der Waals surface area contributed by atoms with Crippen LogP contribution in [0.4, 0.5) is 5.69 Å². The molecule has 1 aromatic carbocycles. The lowest BCUT2D eigenvalue weighted by molar-refractivity contribution is -0.117. The molecule has 0 radical (unpaired) electrons. The molecule has 1 amide bonds. The highest BCUT2D eigenvalue weighted by Crippen LogP contribution is 2.30. The molecule has 0 aliphatic carbocycles. The molecule has 9 heteroatoms. The van der Waals surface area contributed by atoms with E-state index in [1.54, 1.807) is 12.1 Å². The zero-order chi connectivity index (χ0) is 15.8. The van der Waals surface area contributed by atoms with Crippen molar-refractivity contribution in [3.8, 4) is 0 Å². The van der Waals surface area contributed by atoms with Gasteiger partial charge in [-0.2, -0.15) is 0 Å². The summed E-state index contributed by atoms with van der Waals surface area (Å²) in [7, 11) is -3.67. The molecule has 1 aliphatic heterocycles. The largest absolute Gasteiger partial charge is 0.478 e. The van der Waals surface area contributed by atoms with Crippen LogP contribution in [0.25, 0.3) is 0 Å². The summed E-state index contributed by atoms with van der Waals surface area (Å²) >= 11 is 2.02. The quantitative estimate of drug-likeness (QED) is 0.688. The number of sulfonamides is 1. The lowest BCUT2D eigenvalue weighted by Crippen LogP contribution is -2.28. The van der Waals surface area contributed by atoms with Crippen molar-refractivity contribution in [1.29, 1.82) is 0 Å². The second kappa shape index (κ2) is 5.89. The predicted octanol–water partition coefficient (Wildman–Crippen LogP) is 0.631. The normalized spacial score (nSPS) is 19.0. The number of carbonyl (C=O) groups excluding carboxylic acids is 1. The van der Waals surface area contributed by atoms with Crippen molar-refractivity contribution in [1.82, 2.24) is 0 Å². The van der Waals surface area contributed by atoms with E-state index in [2.05, 4.69) is 0 Å². The highest BCUT2D eigenvalue weighted by Gasteiger charge is 2.34. The maximum atomic E-state index is 12.1. The number of halogens is 1. The molecule has 0 aromatic heterocycles. The fourth-order valence-electron chi connectivity index (χ4n) is 2.36. The van der Waals surface area contributed by atoms with Crippen LogP contribution >= 0.6 is 22.6 Å². The number of hydrogen-bond donors (Lipinski definition) is 2. The molecule has 0 bridgehead atoms. The van der Waals surface area contributed by atoms with E-state index in [1.807, 2.05) is 22.6 Å². The smallest absolute Gasteiger partial charge is 0.337 e. The Hall–Kier alpha value is -1.20. The fraction of sp³-hybridized carbons (Fsp3) is 0.333. The Morgan fingerprint density at radius 2 is 2.14 bits per heavy atom. The van der Waals surface area contributed by atoms with Crippen molar-refractivity contribution in [2.75, 3.05) is 17.2 Å². The molecule has 1 heterocycles. The van der Waals surface area contributed by atoms with Crippen LogP contribution in [0.15, 0.2) is 18.2 Å². The first-order valence-corrected chi connectivity index (χ1v) is 8.80. The number of carboxylic acids is 1. The Balaban J connectivity index is 2.33. The number of hydrogen-bond acceptors (Lipinski definition) is 4. The molecule has 21 heavy (non-hydrogen) atoms. The first-order chi connectivity index (χ1) is 9.67. The number of anilines is 1. The van der Waals surface area contributed by atoms with Gasteiger partial charge in [-0.3, -0.25) is 4.79 Å². The molecule has 1 saturated heterocycles. The van der Waals surface area contributed by atoms with E-state index in [9.17, 15) is 23.1 Å². The van der Waals surface area contributed by atoms with Crippen LogP contribution in [0.3, 0.4) is 0 Å². The average molecular weight is 424 g/mol. The molecular weight excluding hydrogens is 411 g/mol. The number of carboxylic acid groups (broad SMARTS) is 1. The van der Waals surface area contributed by atoms with Gasteiger partial charge in [0.15, 0.2) is 0 Å². The van der Waals surface area contributed by atoms with Crippen LogP contribution in [0, 0.1) is 9.49 Å². The van der Waals surface area contributed by atoms with Crippen molar-refractivity contribution < 1.29 is 23.1 Å². The second-order valence-corrected chi connectivity index (χ2v) is 7.78. The summed E-state index contributed by atoms with van der Waals surface area (Å²) in [4.78, 5) is 24.6. The Morgan fingerprint density at radius 1 is 1.48 bits per heavy atom. The van der Waals surface area contributed by atoms with Crippen LogP contribution in [0.2, 0.25) is 0 Å². The number of nitrogens with zero attached hydrogens (tertiary/aromatic N) is 1. The number of aromatic carboxylic acids is 1. The van der Waals surface area contributed by atoms with E-state index in [1.165, 1.54) is 11.0 Å². The van der Waals surface area contributed by atoms with Crippen LogP contribution in [0.5, 0.6) is 0 Å². The molecule has 1 unspecified atom stereocenters. The van der Waals surface area contributed by atoms with Gasteiger partial charge < -0.3 is 10.0 Å². The minimum atomic E-state index is -3.67. The Labute approximate surface area is 135 Å². The standard InChI is InChI=1S/C12H13IN2O5S/c13-8-1-2-9(12(17)18)10(4-8)15-5-7(3-11(15)16)6-21(14,19)20/h1-2,4,7H,3,5-6H2,(H,17,18)(H2,14,19,20). The Morgan fingerprint density at radius 3 is 2.71 bits per heavy atom. The first kappa shape index (κ1) is 16.2. The van der Waals surface area contributed by atoms with Gasteiger partial charge in [0.1, 0.15) is 0 Å². The third-order valence-electron chi connectivity index (χ3n) is 3.15. The van der Waals surface area contributed by atoms with Gasteiger partial charge in [0, 0.05) is 22.5 Å². The Kier molecular flexibility index (Phi) is 4.54. The number of rotatable bonds is 4. The molecule has 1 aromatic rings. The van der Waals surface area contributed by atoms with Gasteiger partial charge in [-0.25, -0.2) is 18.4 Å². The highest BCUT2D eigenvalue weighted by atomic mass is 127. The highest BCUT2D eigenvalue weighted by molar-refractivity contribution is 14.1. The number of benzene rings is 1. The number of primary sulfonamides is 1. The third kappa shape index (κ3) is 3.92. The molecule has 1 atom stereocenters. The van der Waals surface area contributed by atoms with E-state index in [0.717, 1.165) is 3.57 Å². The molecule has 1 fully saturated rings. The van der Waals surface area contributed by atoms with Gasteiger partial charge in [-0.15, -0.1) is 0 Å². The van der Waals surface area contributed by atoms with E-state index in [0.29, 0.717) is 0 Å². The van der Waals surface area contributed by atoms with Crippen molar-refractivity contribution in [2.45, 2.75) is 6.42 Å². The lowest BCUT2D eigenvalue weighted by Gasteiger charge is -2.19. The summed E-state index contributed by atoms with van der Waals surface area (Å²) in [5, 5.41) is 14.2. The molecule has 1 aliphatic rings. The average Bonchev–Trinajstić information content (AvgIpc) is 2.66. The summed E-state index contributed by atoms with van der Waals surface area (Å²) in [5.74, 6) is -2.15. The summed E-state index contributed by atoms with van der Waals surface area (Å²) in [5.41, 5.74) is 0.302. The minimum Gasteiger partial charge on any atom is -0.478 e. The molecule has 2 rings (SSSR count). The Bertz CT molecular complexity index is 704. The molecule has 0 spiro atoms. The minimum absolute atomic E-state index is 0.0139. The van der Waals surface area contributed by atoms with Crippen molar-refractivity contribution in [3.63, 3.8) is 0 Å². The summed E-state index contributed by atoms with van der Waals surface area (Å²) in [6, 6.07) is 4.66. The van der Waals surface area contributed by atoms with Gasteiger partial charge in [-0.05, 0) is 40.8 Å². The van der Waals surface area contributed by atoms with Crippen LogP contribution in [0.1, 0.15) is 16.8 Å². The molecule has 7 nitrogen and oxygen atoms in total. The van der Waals surface area contributed by atoms with Crippen LogP contribution in [-0.4, -0.2) is 37.7 Å². The van der Waals surface area contributed by atoms with Gasteiger partial charge >= 0.3 is 5.97 Å². The zero-order valence-electron chi connectivity index (χ0n) is 10.8. The van der Waals surface area contributed by atoms with Crippen molar-refractivity contribution >= 4 is 50.2 Å². The van der Waals surface area contributed by atoms with E-state index in [4.69, 9.17) is 5.14 Å². The second-order valence-electron chi connectivity index (χ2n) is 4.87. The SMILES string of the molecule is NS(=O)(=O)CC1CC(=O)N(c2cc(I)ccc2C(=O)O)C1. The molecular formula is C12H13IN2O5S.